The molecule has 0 aromatic heterocycles. The third-order valence-electron chi connectivity index (χ3n) is 2.22. The zero-order valence-corrected chi connectivity index (χ0v) is 8.98. The molecule has 0 saturated carbocycles. The molecule has 2 aromatic rings. The third kappa shape index (κ3) is 2.20. The summed E-state index contributed by atoms with van der Waals surface area (Å²) in [5, 5.41) is 10.8. The SMILES string of the molecule is [2H]c1c([2H])c([2H])c(C(=O)c2cc([N+](=O)[O-])ccc2N)c([2H])c1[2H]. The molecule has 0 bridgehead atoms. The Morgan fingerprint density at radius 1 is 1.28 bits per heavy atom. The first-order chi connectivity index (χ1) is 10.7. The number of nitrogens with zero attached hydrogens (tertiary/aromatic N) is 1. The highest BCUT2D eigenvalue weighted by Crippen LogP contribution is 2.22. The maximum Gasteiger partial charge on any atom is 0.270 e. The van der Waals surface area contributed by atoms with Crippen LogP contribution in [0, 0.1) is 10.1 Å². The highest BCUT2D eigenvalue weighted by molar-refractivity contribution is 6.12. The van der Waals surface area contributed by atoms with Gasteiger partial charge in [0.05, 0.1) is 17.3 Å². The van der Waals surface area contributed by atoms with Gasteiger partial charge in [-0.3, -0.25) is 14.9 Å². The van der Waals surface area contributed by atoms with Crippen LogP contribution in [0.1, 0.15) is 22.8 Å². The summed E-state index contributed by atoms with van der Waals surface area (Å²) in [6.07, 6.45) is 0. The van der Waals surface area contributed by atoms with Crippen LogP contribution in [0.5, 0.6) is 0 Å². The van der Waals surface area contributed by atoms with E-state index < -0.39 is 52.2 Å². The highest BCUT2D eigenvalue weighted by Gasteiger charge is 2.16. The van der Waals surface area contributed by atoms with E-state index in [4.69, 9.17) is 12.6 Å². The first-order valence-corrected chi connectivity index (χ1v) is 4.82. The molecule has 0 aliphatic heterocycles. The number of anilines is 1. The van der Waals surface area contributed by atoms with Gasteiger partial charge >= 0.3 is 0 Å². The highest BCUT2D eigenvalue weighted by atomic mass is 16.6. The normalized spacial score (nSPS) is 13.9. The number of carbonyl (C=O) groups excluding carboxylic acids is 1. The summed E-state index contributed by atoms with van der Waals surface area (Å²) in [7, 11) is 0. The molecule has 0 aliphatic rings. The van der Waals surface area contributed by atoms with Gasteiger partial charge in [0.15, 0.2) is 5.78 Å². The average molecular weight is 247 g/mol. The van der Waals surface area contributed by atoms with E-state index in [-0.39, 0.29) is 11.3 Å². The van der Waals surface area contributed by atoms with Gasteiger partial charge in [-0.25, -0.2) is 0 Å². The minimum atomic E-state index is -0.969. The Morgan fingerprint density at radius 3 is 2.56 bits per heavy atom. The van der Waals surface area contributed by atoms with E-state index in [2.05, 4.69) is 0 Å². The number of rotatable bonds is 3. The topological polar surface area (TPSA) is 86.2 Å². The van der Waals surface area contributed by atoms with E-state index in [9.17, 15) is 14.9 Å². The van der Waals surface area contributed by atoms with Crippen molar-refractivity contribution in [3.8, 4) is 0 Å². The first kappa shape index (κ1) is 6.90. The maximum absolute atomic E-state index is 12.5. The number of carbonyl (C=O) groups is 1. The standard InChI is InChI=1S/C13H10N2O3/c14-12-7-6-10(15(17)18)8-11(12)13(16)9-4-2-1-3-5-9/h1-8H,14H2/i1D,2D,3D,4D,5D. The molecule has 0 saturated heterocycles. The lowest BCUT2D eigenvalue weighted by Crippen LogP contribution is -2.06. The quantitative estimate of drug-likeness (QED) is 0.390. The van der Waals surface area contributed by atoms with Gasteiger partial charge in [-0.15, -0.1) is 0 Å². The summed E-state index contributed by atoms with van der Waals surface area (Å²) in [6, 6.07) is -0.174. The summed E-state index contributed by atoms with van der Waals surface area (Å²) >= 11 is 0. The number of benzene rings is 2. The van der Waals surface area contributed by atoms with Crippen molar-refractivity contribution in [2.75, 3.05) is 5.73 Å². The van der Waals surface area contributed by atoms with Crippen LogP contribution in [-0.2, 0) is 0 Å². The first-order valence-electron chi connectivity index (χ1n) is 7.32. The lowest BCUT2D eigenvalue weighted by atomic mass is 10.0. The van der Waals surface area contributed by atoms with Gasteiger partial charge in [-0.2, -0.15) is 0 Å². The van der Waals surface area contributed by atoms with Crippen LogP contribution in [0.2, 0.25) is 0 Å². The van der Waals surface area contributed by atoms with Crippen LogP contribution in [0.4, 0.5) is 11.4 Å². The number of nitro groups is 1. The molecule has 90 valence electrons. The number of nitrogens with two attached hydrogens (primary N) is 1. The molecule has 0 heterocycles. The third-order valence-corrected chi connectivity index (χ3v) is 2.22. The predicted octanol–water partition coefficient (Wildman–Crippen LogP) is 2.41. The lowest BCUT2D eigenvalue weighted by molar-refractivity contribution is -0.384. The Kier molecular flexibility index (Phi) is 1.79. The van der Waals surface area contributed by atoms with Gasteiger partial charge in [0.2, 0.25) is 0 Å². The van der Waals surface area contributed by atoms with Gasteiger partial charge in [-0.05, 0) is 6.07 Å². The molecule has 0 radical (unpaired) electrons. The van der Waals surface area contributed by atoms with Crippen molar-refractivity contribution < 1.29 is 16.6 Å². The van der Waals surface area contributed by atoms with Gasteiger partial charge in [0.25, 0.3) is 5.69 Å². The van der Waals surface area contributed by atoms with Crippen LogP contribution in [0.15, 0.2) is 48.4 Å². The molecular weight excluding hydrogens is 232 g/mol. The van der Waals surface area contributed by atoms with Crippen molar-refractivity contribution in [1.82, 2.24) is 0 Å². The Bertz CT molecular complexity index is 825. The number of nitro benzene ring substituents is 1. The molecule has 2 aromatic carbocycles. The molecule has 0 aliphatic carbocycles. The number of hydrogen-bond donors (Lipinski definition) is 1. The van der Waals surface area contributed by atoms with Gasteiger partial charge in [0.1, 0.15) is 0 Å². The molecule has 0 spiro atoms. The summed E-state index contributed by atoms with van der Waals surface area (Å²) in [4.78, 5) is 22.6. The molecule has 0 amide bonds. The van der Waals surface area contributed by atoms with Crippen molar-refractivity contribution >= 4 is 17.2 Å². The van der Waals surface area contributed by atoms with E-state index in [1.54, 1.807) is 0 Å². The van der Waals surface area contributed by atoms with E-state index in [0.717, 1.165) is 18.2 Å². The Labute approximate surface area is 110 Å². The minimum Gasteiger partial charge on any atom is -0.398 e. The zero-order chi connectivity index (χ0) is 17.5. The average Bonchev–Trinajstić information content (AvgIpc) is 2.51. The second kappa shape index (κ2) is 4.67. The molecule has 5 nitrogen and oxygen atoms in total. The van der Waals surface area contributed by atoms with E-state index in [1.165, 1.54) is 0 Å². The molecule has 5 heteroatoms. The van der Waals surface area contributed by atoms with Crippen molar-refractivity contribution in [3.05, 3.63) is 69.7 Å². The smallest absolute Gasteiger partial charge is 0.270 e. The van der Waals surface area contributed by atoms with Gasteiger partial charge in [-0.1, -0.05) is 30.2 Å². The lowest BCUT2D eigenvalue weighted by Gasteiger charge is -2.04. The summed E-state index contributed by atoms with van der Waals surface area (Å²) in [5.41, 5.74) is 4.28. The summed E-state index contributed by atoms with van der Waals surface area (Å²) in [6.45, 7) is 0. The van der Waals surface area contributed by atoms with Crippen LogP contribution < -0.4 is 5.73 Å². The monoisotopic (exact) mass is 247 g/mol. The number of nitrogen functional groups attached to an aromatic ring is 1. The maximum atomic E-state index is 12.5. The number of ketones is 1. The molecule has 0 unspecified atom stereocenters. The van der Waals surface area contributed by atoms with E-state index in [1.807, 2.05) is 0 Å². The fraction of sp³-hybridized carbons (Fsp3) is 0. The Hall–Kier alpha value is -2.69. The summed E-state index contributed by atoms with van der Waals surface area (Å²) in [5.74, 6) is -0.969. The second-order valence-corrected chi connectivity index (χ2v) is 3.36. The van der Waals surface area contributed by atoms with Crippen LogP contribution >= 0.6 is 0 Å². The number of non-ortho nitro benzene ring substituents is 1. The van der Waals surface area contributed by atoms with Gasteiger partial charge in [0, 0.05) is 23.4 Å². The van der Waals surface area contributed by atoms with Crippen molar-refractivity contribution in [2.45, 2.75) is 0 Å². The van der Waals surface area contributed by atoms with Crippen molar-refractivity contribution in [2.24, 2.45) is 0 Å². The van der Waals surface area contributed by atoms with Crippen LogP contribution in [0.25, 0.3) is 0 Å². The van der Waals surface area contributed by atoms with E-state index in [0.29, 0.717) is 0 Å². The number of hydrogen-bond acceptors (Lipinski definition) is 4. The largest absolute Gasteiger partial charge is 0.398 e. The van der Waals surface area contributed by atoms with Crippen LogP contribution in [-0.4, -0.2) is 10.7 Å². The predicted molar refractivity (Wildman–Crippen MR) is 67.4 cm³/mol. The molecular formula is C13H10N2O3. The minimum absolute atomic E-state index is 0.0904. The summed E-state index contributed by atoms with van der Waals surface area (Å²) < 4.78 is 38.1. The zero-order valence-electron chi connectivity index (χ0n) is 14.0. The Morgan fingerprint density at radius 2 is 1.94 bits per heavy atom. The van der Waals surface area contributed by atoms with Crippen LogP contribution in [0.3, 0.4) is 0 Å². The molecule has 0 atom stereocenters. The van der Waals surface area contributed by atoms with Crippen molar-refractivity contribution in [3.63, 3.8) is 0 Å². The molecule has 18 heavy (non-hydrogen) atoms. The fourth-order valence-corrected chi connectivity index (χ4v) is 1.35. The van der Waals surface area contributed by atoms with Crippen molar-refractivity contribution in [1.29, 1.82) is 0 Å². The second-order valence-electron chi connectivity index (χ2n) is 3.36. The molecule has 2 rings (SSSR count). The fourth-order valence-electron chi connectivity index (χ4n) is 1.35. The molecule has 2 N–H and O–H groups in total. The van der Waals surface area contributed by atoms with Gasteiger partial charge < -0.3 is 5.73 Å². The Balaban J connectivity index is 2.72. The molecule has 0 fully saturated rings. The van der Waals surface area contributed by atoms with E-state index >= 15 is 0 Å².